The monoisotopic (exact) mass is 503 g/mol. The number of piperidine rings is 1. The van der Waals surface area contributed by atoms with Crippen molar-refractivity contribution in [3.8, 4) is 11.3 Å². The van der Waals surface area contributed by atoms with Crippen molar-refractivity contribution in [1.29, 1.82) is 0 Å². The fourth-order valence-corrected chi connectivity index (χ4v) is 4.60. The fraction of sp³-hybridized carbons (Fsp3) is 0.500. The molecule has 1 saturated heterocycles. The van der Waals surface area contributed by atoms with Gasteiger partial charge in [-0.25, -0.2) is 27.7 Å². The molecule has 0 saturated carbocycles. The molecule has 194 valence electrons. The highest BCUT2D eigenvalue weighted by molar-refractivity contribution is 5.89. The fourth-order valence-electron chi connectivity index (χ4n) is 4.60. The Balaban J connectivity index is 0.000000286. The second-order valence-electron chi connectivity index (χ2n) is 9.33. The summed E-state index contributed by atoms with van der Waals surface area (Å²) < 4.78 is 42.0. The quantitative estimate of drug-likeness (QED) is 0.421. The van der Waals surface area contributed by atoms with Crippen molar-refractivity contribution < 1.29 is 13.2 Å². The minimum absolute atomic E-state index is 0.148. The molecular weight excluding hydrogens is 471 g/mol. The standard InChI is InChI=1S/C17H18F2N8.C7H14FN/c1-3-21-15-14-10(6-7-27(14)25-17(20)24-15)11-4-5-12-16(23-11)26(8-13(18)19)9(2)22-12;1-7(8)4-3-5-9(2)6-7/h4-7,13H,3,8H2,1-2H3,(H3,20,21,24,25);3-6H2,1-2H3. The molecule has 36 heavy (non-hydrogen) atoms. The molecule has 4 aromatic heterocycles. The van der Waals surface area contributed by atoms with Crippen molar-refractivity contribution in [2.75, 3.05) is 37.7 Å². The highest BCUT2D eigenvalue weighted by Gasteiger charge is 2.28. The number of hydrogen-bond acceptors (Lipinski definition) is 7. The lowest BCUT2D eigenvalue weighted by atomic mass is 9.98. The lowest BCUT2D eigenvalue weighted by Crippen LogP contribution is -2.40. The smallest absolute Gasteiger partial charge is 0.256 e. The maximum Gasteiger partial charge on any atom is 0.256 e. The van der Waals surface area contributed by atoms with Crippen molar-refractivity contribution in [1.82, 2.24) is 34.0 Å². The van der Waals surface area contributed by atoms with Crippen LogP contribution in [0.5, 0.6) is 0 Å². The Morgan fingerprint density at radius 3 is 2.61 bits per heavy atom. The Labute approximate surface area is 207 Å². The highest BCUT2D eigenvalue weighted by Crippen LogP contribution is 2.30. The van der Waals surface area contributed by atoms with E-state index in [0.717, 1.165) is 30.5 Å². The number of nitrogens with two attached hydrogens (primary N) is 1. The average molecular weight is 504 g/mol. The minimum atomic E-state index is -2.49. The van der Waals surface area contributed by atoms with E-state index in [2.05, 4.69) is 25.4 Å². The maximum absolute atomic E-state index is 13.1. The van der Waals surface area contributed by atoms with Gasteiger partial charge in [0.2, 0.25) is 5.95 Å². The minimum Gasteiger partial charge on any atom is -0.368 e. The van der Waals surface area contributed by atoms with Crippen LogP contribution in [-0.4, -0.2) is 72.8 Å². The Bertz CT molecular complexity index is 1350. The first-order valence-corrected chi connectivity index (χ1v) is 12.0. The molecule has 5 rings (SSSR count). The number of nitrogen functional groups attached to an aromatic ring is 1. The number of halogens is 3. The van der Waals surface area contributed by atoms with Crippen molar-refractivity contribution in [2.45, 2.75) is 52.3 Å². The van der Waals surface area contributed by atoms with E-state index >= 15 is 0 Å². The van der Waals surface area contributed by atoms with Crippen LogP contribution < -0.4 is 11.1 Å². The summed E-state index contributed by atoms with van der Waals surface area (Å²) >= 11 is 0. The summed E-state index contributed by atoms with van der Waals surface area (Å²) in [6, 6.07) is 5.43. The molecule has 0 bridgehead atoms. The molecule has 0 radical (unpaired) electrons. The maximum atomic E-state index is 13.1. The van der Waals surface area contributed by atoms with E-state index in [4.69, 9.17) is 5.73 Å². The second-order valence-corrected chi connectivity index (χ2v) is 9.33. The summed E-state index contributed by atoms with van der Waals surface area (Å²) in [6.45, 7) is 7.20. The van der Waals surface area contributed by atoms with Crippen LogP contribution in [-0.2, 0) is 6.54 Å². The summed E-state index contributed by atoms with van der Waals surface area (Å²) in [6.07, 6.45) is 1.01. The molecular formula is C24H32F3N9. The van der Waals surface area contributed by atoms with Crippen molar-refractivity contribution in [2.24, 2.45) is 0 Å². The van der Waals surface area contributed by atoms with E-state index in [1.807, 2.05) is 31.0 Å². The van der Waals surface area contributed by atoms with E-state index in [0.29, 0.717) is 41.6 Å². The topological polar surface area (TPSA) is 102 Å². The van der Waals surface area contributed by atoms with Crippen LogP contribution in [0.4, 0.5) is 24.9 Å². The zero-order valence-corrected chi connectivity index (χ0v) is 21.0. The molecule has 0 spiro atoms. The number of aromatic nitrogens is 6. The summed E-state index contributed by atoms with van der Waals surface area (Å²) in [5, 5.41) is 7.36. The number of pyridine rings is 1. The predicted octanol–water partition coefficient (Wildman–Crippen LogP) is 4.17. The van der Waals surface area contributed by atoms with E-state index in [1.165, 1.54) is 4.57 Å². The Morgan fingerprint density at radius 1 is 1.19 bits per heavy atom. The van der Waals surface area contributed by atoms with Gasteiger partial charge in [0, 0.05) is 24.8 Å². The molecule has 0 aromatic carbocycles. The molecule has 5 heterocycles. The normalized spacial score (nSPS) is 18.6. The van der Waals surface area contributed by atoms with Crippen molar-refractivity contribution >= 4 is 28.4 Å². The number of nitrogens with zero attached hydrogens (tertiary/aromatic N) is 7. The van der Waals surface area contributed by atoms with Crippen LogP contribution in [0.15, 0.2) is 24.4 Å². The molecule has 0 amide bonds. The van der Waals surface area contributed by atoms with Gasteiger partial charge < -0.3 is 20.5 Å². The number of fused-ring (bicyclic) bond motifs is 2. The number of rotatable bonds is 5. The van der Waals surface area contributed by atoms with E-state index in [9.17, 15) is 13.2 Å². The van der Waals surface area contributed by atoms with Gasteiger partial charge in [-0.05, 0) is 65.4 Å². The molecule has 0 aliphatic carbocycles. The van der Waals surface area contributed by atoms with Gasteiger partial charge in [0.05, 0.1) is 12.2 Å². The summed E-state index contributed by atoms with van der Waals surface area (Å²) in [5.41, 5.74) is 7.95. The van der Waals surface area contributed by atoms with Crippen LogP contribution in [0, 0.1) is 6.92 Å². The van der Waals surface area contributed by atoms with E-state index < -0.39 is 18.6 Å². The molecule has 1 aliphatic rings. The average Bonchev–Trinajstić information content (AvgIpc) is 3.34. The van der Waals surface area contributed by atoms with Gasteiger partial charge in [0.15, 0.2) is 11.5 Å². The van der Waals surface area contributed by atoms with Gasteiger partial charge in [0.25, 0.3) is 6.43 Å². The Kier molecular flexibility index (Phi) is 7.34. The van der Waals surface area contributed by atoms with E-state index in [1.54, 1.807) is 30.6 Å². The largest absolute Gasteiger partial charge is 0.368 e. The third-order valence-corrected chi connectivity index (χ3v) is 6.09. The molecule has 1 aliphatic heterocycles. The third-order valence-electron chi connectivity index (χ3n) is 6.09. The number of likely N-dealkylation sites (tertiary alicyclic amines) is 1. The van der Waals surface area contributed by atoms with Gasteiger partial charge in [0.1, 0.15) is 22.5 Å². The molecule has 1 unspecified atom stereocenters. The number of alkyl halides is 3. The first-order valence-electron chi connectivity index (χ1n) is 12.0. The highest BCUT2D eigenvalue weighted by atomic mass is 19.3. The molecule has 4 aromatic rings. The summed E-state index contributed by atoms with van der Waals surface area (Å²) in [7, 11) is 1.97. The van der Waals surface area contributed by atoms with Crippen LogP contribution in [0.25, 0.3) is 27.9 Å². The zero-order chi connectivity index (χ0) is 26.0. The molecule has 1 fully saturated rings. The van der Waals surface area contributed by atoms with Crippen LogP contribution in [0.1, 0.15) is 32.5 Å². The van der Waals surface area contributed by atoms with E-state index in [-0.39, 0.29) is 5.95 Å². The molecule has 1 atom stereocenters. The van der Waals surface area contributed by atoms with Gasteiger partial charge >= 0.3 is 0 Å². The second kappa shape index (κ2) is 10.3. The molecule has 3 N–H and O–H groups in total. The van der Waals surface area contributed by atoms with Gasteiger partial charge in [-0.3, -0.25) is 0 Å². The number of hydrogen-bond donors (Lipinski definition) is 2. The third kappa shape index (κ3) is 5.53. The van der Waals surface area contributed by atoms with Crippen molar-refractivity contribution in [3.63, 3.8) is 0 Å². The number of aryl methyl sites for hydroxylation is 1. The molecule has 9 nitrogen and oxygen atoms in total. The SMILES string of the molecule is CCNc1nc(N)nn2ccc(-c3ccc4nc(C)n(CC(F)F)c4n3)c12.CN1CCCC(C)(F)C1. The first kappa shape index (κ1) is 25.7. The number of imidazole rings is 1. The number of anilines is 2. The van der Waals surface area contributed by atoms with Crippen LogP contribution in [0.3, 0.4) is 0 Å². The van der Waals surface area contributed by atoms with Crippen LogP contribution >= 0.6 is 0 Å². The Hall–Kier alpha value is -3.41. The summed E-state index contributed by atoms with van der Waals surface area (Å²) in [4.78, 5) is 15.2. The van der Waals surface area contributed by atoms with Crippen molar-refractivity contribution in [3.05, 3.63) is 30.2 Å². The zero-order valence-electron chi connectivity index (χ0n) is 21.0. The summed E-state index contributed by atoms with van der Waals surface area (Å²) in [5.74, 6) is 1.24. The van der Waals surface area contributed by atoms with Gasteiger partial charge in [-0.1, -0.05) is 0 Å². The number of nitrogens with one attached hydrogen (secondary N) is 1. The predicted molar refractivity (Wildman–Crippen MR) is 135 cm³/mol. The molecule has 12 heteroatoms. The van der Waals surface area contributed by atoms with Crippen LogP contribution in [0.2, 0.25) is 0 Å². The Morgan fingerprint density at radius 2 is 1.97 bits per heavy atom. The lowest BCUT2D eigenvalue weighted by molar-refractivity contribution is 0.0758. The lowest BCUT2D eigenvalue weighted by Gasteiger charge is -2.32. The van der Waals surface area contributed by atoms with Gasteiger partial charge in [-0.15, -0.1) is 5.10 Å². The first-order chi connectivity index (χ1) is 17.1. The van der Waals surface area contributed by atoms with Gasteiger partial charge in [-0.2, -0.15) is 4.98 Å².